The van der Waals surface area contributed by atoms with Crippen LogP contribution in [0.25, 0.3) is 0 Å². The Morgan fingerprint density at radius 1 is 1.60 bits per heavy atom. The molecule has 1 fully saturated rings. The summed E-state index contributed by atoms with van der Waals surface area (Å²) in [7, 11) is 1.69. The average Bonchev–Trinajstić information content (AvgIpc) is 2.96. The van der Waals surface area contributed by atoms with Crippen molar-refractivity contribution in [3.05, 3.63) is 11.7 Å². The normalized spacial score (nSPS) is 18.0. The number of ether oxygens (including phenoxy) is 1. The van der Waals surface area contributed by atoms with Crippen molar-refractivity contribution in [1.82, 2.24) is 10.1 Å². The van der Waals surface area contributed by atoms with Crippen LogP contribution in [-0.4, -0.2) is 23.8 Å². The lowest BCUT2D eigenvalue weighted by Gasteiger charge is -2.08. The van der Waals surface area contributed by atoms with Gasteiger partial charge in [-0.25, -0.2) is 0 Å². The fourth-order valence-electron chi connectivity index (χ4n) is 1.65. The SMILES string of the molecule is COC(c1noc(CCCN)n1)C1CC1. The molecule has 1 unspecified atom stereocenters. The topological polar surface area (TPSA) is 74.2 Å². The van der Waals surface area contributed by atoms with Crippen molar-refractivity contribution in [2.45, 2.75) is 31.8 Å². The standard InChI is InChI=1S/C10H17N3O2/c1-14-9(7-4-5-7)10-12-8(15-13-10)3-2-6-11/h7,9H,2-6,11H2,1H3. The zero-order valence-electron chi connectivity index (χ0n) is 8.98. The van der Waals surface area contributed by atoms with Crippen LogP contribution < -0.4 is 5.73 Å². The van der Waals surface area contributed by atoms with Gasteiger partial charge in [0.05, 0.1) is 0 Å². The highest BCUT2D eigenvalue weighted by atomic mass is 16.5. The molecule has 1 aliphatic carbocycles. The lowest BCUT2D eigenvalue weighted by atomic mass is 10.2. The summed E-state index contributed by atoms with van der Waals surface area (Å²) in [5.41, 5.74) is 5.41. The summed E-state index contributed by atoms with van der Waals surface area (Å²) >= 11 is 0. The molecule has 1 atom stereocenters. The van der Waals surface area contributed by atoms with Crippen molar-refractivity contribution in [3.8, 4) is 0 Å². The summed E-state index contributed by atoms with van der Waals surface area (Å²) < 4.78 is 10.5. The first-order valence-corrected chi connectivity index (χ1v) is 5.40. The minimum Gasteiger partial charge on any atom is -0.373 e. The van der Waals surface area contributed by atoms with Crippen LogP contribution in [-0.2, 0) is 11.2 Å². The molecule has 84 valence electrons. The van der Waals surface area contributed by atoms with Crippen molar-refractivity contribution in [2.75, 3.05) is 13.7 Å². The Morgan fingerprint density at radius 2 is 2.40 bits per heavy atom. The van der Waals surface area contributed by atoms with Crippen LogP contribution in [0.4, 0.5) is 0 Å². The Hall–Kier alpha value is -0.940. The quantitative estimate of drug-likeness (QED) is 0.761. The number of nitrogens with zero attached hydrogens (tertiary/aromatic N) is 2. The van der Waals surface area contributed by atoms with E-state index in [1.54, 1.807) is 7.11 Å². The first-order chi connectivity index (χ1) is 7.35. The number of hydrogen-bond acceptors (Lipinski definition) is 5. The Labute approximate surface area is 89.0 Å². The van der Waals surface area contributed by atoms with Gasteiger partial charge in [0.25, 0.3) is 0 Å². The maximum atomic E-state index is 5.41. The molecule has 0 amide bonds. The van der Waals surface area contributed by atoms with Gasteiger partial charge in [0.1, 0.15) is 6.10 Å². The number of aromatic nitrogens is 2. The summed E-state index contributed by atoms with van der Waals surface area (Å²) in [6.45, 7) is 0.647. The van der Waals surface area contributed by atoms with E-state index in [0.29, 0.717) is 24.2 Å². The highest BCUT2D eigenvalue weighted by Gasteiger charge is 2.35. The lowest BCUT2D eigenvalue weighted by Crippen LogP contribution is -2.06. The van der Waals surface area contributed by atoms with Gasteiger partial charge in [-0.05, 0) is 31.7 Å². The van der Waals surface area contributed by atoms with Gasteiger partial charge in [-0.2, -0.15) is 4.98 Å². The van der Waals surface area contributed by atoms with E-state index in [1.807, 2.05) is 0 Å². The summed E-state index contributed by atoms with van der Waals surface area (Å²) in [6, 6.07) is 0. The maximum absolute atomic E-state index is 5.41. The number of methoxy groups -OCH3 is 1. The minimum absolute atomic E-state index is 0.0142. The molecular formula is C10H17N3O2. The molecule has 2 N–H and O–H groups in total. The van der Waals surface area contributed by atoms with E-state index in [-0.39, 0.29) is 6.10 Å². The monoisotopic (exact) mass is 211 g/mol. The number of hydrogen-bond donors (Lipinski definition) is 1. The van der Waals surface area contributed by atoms with Crippen LogP contribution >= 0.6 is 0 Å². The van der Waals surface area contributed by atoms with Crippen LogP contribution in [0.3, 0.4) is 0 Å². The van der Waals surface area contributed by atoms with E-state index in [2.05, 4.69) is 10.1 Å². The molecule has 0 aromatic carbocycles. The molecule has 1 aromatic heterocycles. The van der Waals surface area contributed by atoms with Crippen LogP contribution in [0.15, 0.2) is 4.52 Å². The molecule has 0 radical (unpaired) electrons. The molecule has 1 saturated carbocycles. The van der Waals surface area contributed by atoms with Crippen molar-refractivity contribution >= 4 is 0 Å². The Morgan fingerprint density at radius 3 is 3.00 bits per heavy atom. The second kappa shape index (κ2) is 4.72. The first-order valence-electron chi connectivity index (χ1n) is 5.40. The Balaban J connectivity index is 1.98. The predicted octanol–water partition coefficient (Wildman–Crippen LogP) is 1.06. The van der Waals surface area contributed by atoms with E-state index in [9.17, 15) is 0 Å². The van der Waals surface area contributed by atoms with Gasteiger partial charge in [0, 0.05) is 13.5 Å². The van der Waals surface area contributed by atoms with E-state index in [0.717, 1.165) is 12.8 Å². The fraction of sp³-hybridized carbons (Fsp3) is 0.800. The molecular weight excluding hydrogens is 194 g/mol. The highest BCUT2D eigenvalue weighted by Crippen LogP contribution is 2.41. The van der Waals surface area contributed by atoms with Crippen LogP contribution in [0.5, 0.6) is 0 Å². The smallest absolute Gasteiger partial charge is 0.226 e. The summed E-state index contributed by atoms with van der Waals surface area (Å²) in [5.74, 6) is 1.93. The summed E-state index contributed by atoms with van der Waals surface area (Å²) in [6.07, 6.45) is 4.05. The molecule has 1 aromatic rings. The van der Waals surface area contributed by atoms with Gasteiger partial charge in [-0.1, -0.05) is 5.16 Å². The van der Waals surface area contributed by atoms with Crippen LogP contribution in [0.2, 0.25) is 0 Å². The zero-order chi connectivity index (χ0) is 10.7. The van der Waals surface area contributed by atoms with Crippen LogP contribution in [0, 0.1) is 5.92 Å². The third-order valence-corrected chi connectivity index (χ3v) is 2.64. The highest BCUT2D eigenvalue weighted by molar-refractivity contribution is 4.98. The molecule has 1 heterocycles. The van der Waals surface area contributed by atoms with Crippen molar-refractivity contribution in [1.29, 1.82) is 0 Å². The van der Waals surface area contributed by atoms with Crippen molar-refractivity contribution in [3.63, 3.8) is 0 Å². The molecule has 5 nitrogen and oxygen atoms in total. The predicted molar refractivity (Wildman–Crippen MR) is 54.1 cm³/mol. The lowest BCUT2D eigenvalue weighted by molar-refractivity contribution is 0.0751. The molecule has 2 rings (SSSR count). The van der Waals surface area contributed by atoms with E-state index in [1.165, 1.54) is 12.8 Å². The number of rotatable bonds is 6. The molecule has 0 aliphatic heterocycles. The third-order valence-electron chi connectivity index (χ3n) is 2.64. The molecule has 0 bridgehead atoms. The molecule has 5 heteroatoms. The molecule has 1 aliphatic rings. The van der Waals surface area contributed by atoms with E-state index < -0.39 is 0 Å². The molecule has 0 spiro atoms. The Kier molecular flexibility index (Phi) is 3.33. The largest absolute Gasteiger partial charge is 0.373 e. The average molecular weight is 211 g/mol. The second-order valence-electron chi connectivity index (χ2n) is 3.93. The Bertz CT molecular complexity index is 309. The van der Waals surface area contributed by atoms with E-state index >= 15 is 0 Å². The minimum atomic E-state index is 0.0142. The number of nitrogens with two attached hydrogens (primary N) is 1. The summed E-state index contributed by atoms with van der Waals surface area (Å²) in [4.78, 5) is 4.32. The van der Waals surface area contributed by atoms with Gasteiger partial charge >= 0.3 is 0 Å². The zero-order valence-corrected chi connectivity index (χ0v) is 8.98. The van der Waals surface area contributed by atoms with Gasteiger partial charge in [0.15, 0.2) is 0 Å². The first kappa shape index (κ1) is 10.6. The molecule has 15 heavy (non-hydrogen) atoms. The van der Waals surface area contributed by atoms with Gasteiger partial charge in [-0.3, -0.25) is 0 Å². The fourth-order valence-corrected chi connectivity index (χ4v) is 1.65. The maximum Gasteiger partial charge on any atom is 0.226 e. The summed E-state index contributed by atoms with van der Waals surface area (Å²) in [5, 5.41) is 3.95. The molecule has 0 saturated heterocycles. The van der Waals surface area contributed by atoms with Gasteiger partial charge < -0.3 is 15.0 Å². The second-order valence-corrected chi connectivity index (χ2v) is 3.93. The van der Waals surface area contributed by atoms with Crippen molar-refractivity contribution < 1.29 is 9.26 Å². The van der Waals surface area contributed by atoms with Crippen LogP contribution in [0.1, 0.15) is 37.1 Å². The van der Waals surface area contributed by atoms with E-state index in [4.69, 9.17) is 15.0 Å². The van der Waals surface area contributed by atoms with Gasteiger partial charge in [-0.15, -0.1) is 0 Å². The third kappa shape index (κ3) is 2.54. The van der Waals surface area contributed by atoms with Gasteiger partial charge in [0.2, 0.25) is 11.7 Å². The number of aryl methyl sites for hydroxylation is 1. The van der Waals surface area contributed by atoms with Crippen molar-refractivity contribution in [2.24, 2.45) is 11.7 Å².